The van der Waals surface area contributed by atoms with Crippen LogP contribution in [0, 0.1) is 5.41 Å². The maximum absolute atomic E-state index is 13.6. The molecule has 1 amide bonds. The fourth-order valence-corrected chi connectivity index (χ4v) is 5.88. The third-order valence-corrected chi connectivity index (χ3v) is 7.33. The Balaban J connectivity index is 1.57. The van der Waals surface area contributed by atoms with Crippen LogP contribution in [0.1, 0.15) is 57.1 Å². The first-order valence-corrected chi connectivity index (χ1v) is 10.6. The van der Waals surface area contributed by atoms with Gasteiger partial charge in [-0.05, 0) is 47.0 Å². The Morgan fingerprint density at radius 3 is 2.17 bits per heavy atom. The van der Waals surface area contributed by atoms with Crippen LogP contribution in [0.2, 0.25) is 0 Å². The highest BCUT2D eigenvalue weighted by Crippen LogP contribution is 2.61. The highest BCUT2D eigenvalue weighted by Gasteiger charge is 2.53. The largest absolute Gasteiger partial charge is 0.465 e. The number of ether oxygens (including phenoxy) is 1. The molecule has 1 atom stereocenters. The second-order valence-corrected chi connectivity index (χ2v) is 8.89. The van der Waals surface area contributed by atoms with E-state index in [1.165, 1.54) is 40.7 Å². The van der Waals surface area contributed by atoms with Crippen LogP contribution in [-0.4, -0.2) is 19.0 Å². The first-order chi connectivity index (χ1) is 14.0. The Morgan fingerprint density at radius 1 is 1.00 bits per heavy atom. The Kier molecular flexibility index (Phi) is 4.10. The third kappa shape index (κ3) is 2.57. The summed E-state index contributed by atoms with van der Waals surface area (Å²) < 4.78 is 4.85. The van der Waals surface area contributed by atoms with Gasteiger partial charge in [-0.3, -0.25) is 4.79 Å². The van der Waals surface area contributed by atoms with Crippen LogP contribution in [0.3, 0.4) is 0 Å². The van der Waals surface area contributed by atoms with E-state index in [9.17, 15) is 9.59 Å². The summed E-state index contributed by atoms with van der Waals surface area (Å²) in [5.41, 5.74) is 5.04. The van der Waals surface area contributed by atoms with E-state index < -0.39 is 11.4 Å². The molecule has 0 saturated carbocycles. The normalized spacial score (nSPS) is 23.8. The van der Waals surface area contributed by atoms with E-state index in [1.54, 1.807) is 11.4 Å². The summed E-state index contributed by atoms with van der Waals surface area (Å²) >= 11 is 1.27. The second-order valence-electron chi connectivity index (χ2n) is 7.97. The van der Waals surface area contributed by atoms with Crippen molar-refractivity contribution in [3.63, 3.8) is 0 Å². The fraction of sp³-hybridized carbons (Fsp3) is 0.250. The van der Waals surface area contributed by atoms with Crippen molar-refractivity contribution in [1.82, 2.24) is 0 Å². The summed E-state index contributed by atoms with van der Waals surface area (Å²) in [6.45, 7) is 2.05. The smallest absolute Gasteiger partial charge is 0.350 e. The van der Waals surface area contributed by atoms with Gasteiger partial charge in [-0.15, -0.1) is 11.3 Å². The molecule has 3 aliphatic rings. The van der Waals surface area contributed by atoms with Crippen LogP contribution in [0.4, 0.5) is 5.69 Å². The molecule has 1 aromatic heterocycles. The van der Waals surface area contributed by atoms with Crippen molar-refractivity contribution in [2.24, 2.45) is 5.41 Å². The number of carbonyl (C=O) groups excluding carboxylic acids is 2. The van der Waals surface area contributed by atoms with Crippen LogP contribution < -0.4 is 5.32 Å². The zero-order valence-electron chi connectivity index (χ0n) is 16.3. The van der Waals surface area contributed by atoms with Crippen molar-refractivity contribution in [2.75, 3.05) is 12.4 Å². The van der Waals surface area contributed by atoms with Gasteiger partial charge in [0.25, 0.3) is 0 Å². The van der Waals surface area contributed by atoms with E-state index in [-0.39, 0.29) is 17.7 Å². The highest BCUT2D eigenvalue weighted by molar-refractivity contribution is 7.12. The van der Waals surface area contributed by atoms with E-state index in [1.807, 2.05) is 0 Å². The number of fused-ring (bicyclic) bond motifs is 1. The molecule has 0 aliphatic heterocycles. The average molecular weight is 404 g/mol. The Labute approximate surface area is 173 Å². The molecule has 0 fully saturated rings. The summed E-state index contributed by atoms with van der Waals surface area (Å²) in [7, 11) is 1.35. The van der Waals surface area contributed by atoms with Crippen LogP contribution in [0.25, 0.3) is 0 Å². The molecule has 146 valence electrons. The lowest BCUT2D eigenvalue weighted by Crippen LogP contribution is -2.47. The van der Waals surface area contributed by atoms with Crippen molar-refractivity contribution in [3.8, 4) is 0 Å². The van der Waals surface area contributed by atoms with Gasteiger partial charge in [0, 0.05) is 11.8 Å². The van der Waals surface area contributed by atoms with Crippen LogP contribution >= 0.6 is 11.3 Å². The summed E-state index contributed by atoms with van der Waals surface area (Å²) in [4.78, 5) is 26.0. The molecule has 1 heterocycles. The molecule has 2 bridgehead atoms. The Bertz CT molecular complexity index is 1090. The molecule has 3 aliphatic carbocycles. The zero-order chi connectivity index (χ0) is 20.2. The quantitative estimate of drug-likeness (QED) is 0.615. The van der Waals surface area contributed by atoms with E-state index in [0.29, 0.717) is 10.6 Å². The molecule has 0 radical (unpaired) electrons. The highest BCUT2D eigenvalue weighted by atomic mass is 32.1. The molecular weight excluding hydrogens is 382 g/mol. The molecule has 6 rings (SSSR count). The monoisotopic (exact) mass is 403 g/mol. The SMILES string of the molecule is COC(=O)c1sccc1NC(=O)C1(C)CC2c3ccccc3C1c1ccccc12. The molecule has 3 aromatic rings. The molecule has 1 N–H and O–H groups in total. The third-order valence-electron chi connectivity index (χ3n) is 6.43. The van der Waals surface area contributed by atoms with Gasteiger partial charge in [-0.25, -0.2) is 4.79 Å². The molecule has 29 heavy (non-hydrogen) atoms. The van der Waals surface area contributed by atoms with E-state index in [2.05, 4.69) is 60.8 Å². The molecule has 4 nitrogen and oxygen atoms in total. The number of benzene rings is 2. The van der Waals surface area contributed by atoms with Gasteiger partial charge in [0.05, 0.1) is 18.2 Å². The summed E-state index contributed by atoms with van der Waals surface area (Å²) in [6.07, 6.45) is 0.745. The minimum absolute atomic E-state index is 0.0138. The molecule has 0 saturated heterocycles. The van der Waals surface area contributed by atoms with Crippen molar-refractivity contribution >= 4 is 28.9 Å². The van der Waals surface area contributed by atoms with Crippen molar-refractivity contribution < 1.29 is 14.3 Å². The van der Waals surface area contributed by atoms with Crippen LogP contribution in [0.5, 0.6) is 0 Å². The molecular formula is C24H21NO3S. The predicted molar refractivity (Wildman–Crippen MR) is 114 cm³/mol. The minimum atomic E-state index is -0.608. The first-order valence-electron chi connectivity index (χ1n) is 9.69. The number of esters is 1. The number of thiophene rings is 1. The molecule has 1 unspecified atom stereocenters. The van der Waals surface area contributed by atoms with Gasteiger partial charge in [-0.1, -0.05) is 48.5 Å². The van der Waals surface area contributed by atoms with Gasteiger partial charge in [-0.2, -0.15) is 0 Å². The number of hydrogen-bond acceptors (Lipinski definition) is 4. The predicted octanol–water partition coefficient (Wildman–Crippen LogP) is 5.16. The zero-order valence-corrected chi connectivity index (χ0v) is 17.1. The summed E-state index contributed by atoms with van der Waals surface area (Å²) in [5, 5.41) is 4.83. The summed E-state index contributed by atoms with van der Waals surface area (Å²) in [6, 6.07) is 18.7. The lowest BCUT2D eigenvalue weighted by atomic mass is 9.52. The van der Waals surface area contributed by atoms with Crippen molar-refractivity contribution in [2.45, 2.75) is 25.2 Å². The maximum atomic E-state index is 13.6. The van der Waals surface area contributed by atoms with Gasteiger partial charge in [0.2, 0.25) is 5.91 Å². The lowest BCUT2D eigenvalue weighted by Gasteiger charge is -2.50. The molecule has 0 spiro atoms. The molecule has 2 aromatic carbocycles. The van der Waals surface area contributed by atoms with Crippen molar-refractivity contribution in [3.05, 3.63) is 87.1 Å². The number of amides is 1. The number of anilines is 1. The van der Waals surface area contributed by atoms with E-state index in [4.69, 9.17) is 4.74 Å². The van der Waals surface area contributed by atoms with Crippen molar-refractivity contribution in [1.29, 1.82) is 0 Å². The number of carbonyl (C=O) groups is 2. The number of methoxy groups -OCH3 is 1. The molecule has 5 heteroatoms. The van der Waals surface area contributed by atoms with E-state index in [0.717, 1.165) is 6.42 Å². The first kappa shape index (κ1) is 18.1. The van der Waals surface area contributed by atoms with Gasteiger partial charge in [0.1, 0.15) is 4.88 Å². The van der Waals surface area contributed by atoms with Gasteiger partial charge >= 0.3 is 5.97 Å². The van der Waals surface area contributed by atoms with E-state index >= 15 is 0 Å². The van der Waals surface area contributed by atoms with Crippen LogP contribution in [-0.2, 0) is 9.53 Å². The summed E-state index contributed by atoms with van der Waals surface area (Å²) in [5.74, 6) is -0.299. The number of hydrogen-bond donors (Lipinski definition) is 1. The Hall–Kier alpha value is -2.92. The Morgan fingerprint density at radius 2 is 1.59 bits per heavy atom. The average Bonchev–Trinajstić information content (AvgIpc) is 3.21. The fourth-order valence-electron chi connectivity index (χ4n) is 5.11. The maximum Gasteiger partial charge on any atom is 0.350 e. The standard InChI is InChI=1S/C24H21NO3S/c1-24(23(27)25-19-11-12-29-21(19)22(26)28-2)13-18-14-7-3-5-9-16(14)20(24)17-10-6-4-8-15(17)18/h3-12,18,20H,13H2,1-2H3,(H,25,27). The minimum Gasteiger partial charge on any atom is -0.465 e. The number of rotatable bonds is 3. The van der Waals surface area contributed by atoms with Crippen LogP contribution in [0.15, 0.2) is 60.0 Å². The van der Waals surface area contributed by atoms with Gasteiger partial charge < -0.3 is 10.1 Å². The lowest BCUT2D eigenvalue weighted by molar-refractivity contribution is -0.126. The second kappa shape index (κ2) is 6.56. The van der Waals surface area contributed by atoms with Gasteiger partial charge in [0.15, 0.2) is 0 Å². The topological polar surface area (TPSA) is 55.4 Å². The number of nitrogens with one attached hydrogen (secondary N) is 1.